The van der Waals surface area contributed by atoms with Crippen molar-refractivity contribution >= 4 is 11.6 Å². The number of anilines is 1. The highest BCUT2D eigenvalue weighted by Crippen LogP contribution is 2.25. The number of hydrogen-bond donors (Lipinski definition) is 1. The van der Waals surface area contributed by atoms with Gasteiger partial charge in [0.1, 0.15) is 0 Å². The van der Waals surface area contributed by atoms with Crippen LogP contribution < -0.4 is 5.32 Å². The third-order valence-electron chi connectivity index (χ3n) is 3.40. The third-order valence-corrected chi connectivity index (χ3v) is 3.40. The van der Waals surface area contributed by atoms with Crippen molar-refractivity contribution in [1.29, 1.82) is 0 Å². The zero-order valence-corrected chi connectivity index (χ0v) is 13.7. The molecule has 20 heavy (non-hydrogen) atoms. The quantitative estimate of drug-likeness (QED) is 0.780. The molecule has 0 saturated carbocycles. The fraction of sp³-hybridized carbons (Fsp3) is 0.611. The normalized spacial score (nSPS) is 11.4. The maximum absolute atomic E-state index is 12.1. The van der Waals surface area contributed by atoms with Gasteiger partial charge in [-0.15, -0.1) is 0 Å². The molecule has 1 aromatic carbocycles. The van der Waals surface area contributed by atoms with Gasteiger partial charge in [-0.05, 0) is 41.9 Å². The van der Waals surface area contributed by atoms with Crippen LogP contribution in [-0.4, -0.2) is 5.91 Å². The highest BCUT2D eigenvalue weighted by atomic mass is 16.1. The Bertz CT molecular complexity index is 443. The van der Waals surface area contributed by atoms with E-state index in [-0.39, 0.29) is 11.3 Å². The van der Waals surface area contributed by atoms with E-state index in [9.17, 15) is 4.79 Å². The lowest BCUT2D eigenvalue weighted by Gasteiger charge is -2.19. The van der Waals surface area contributed by atoms with Crippen LogP contribution in [0.4, 0.5) is 5.69 Å². The second kappa shape index (κ2) is 7.47. The van der Waals surface area contributed by atoms with Crippen molar-refractivity contribution in [2.24, 2.45) is 5.41 Å². The summed E-state index contributed by atoms with van der Waals surface area (Å²) in [6.45, 7) is 10.6. The zero-order chi connectivity index (χ0) is 15.2. The van der Waals surface area contributed by atoms with E-state index in [1.165, 1.54) is 24.0 Å². The summed E-state index contributed by atoms with van der Waals surface area (Å²) in [7, 11) is 0. The average molecular weight is 275 g/mol. The molecule has 0 atom stereocenters. The zero-order valence-electron chi connectivity index (χ0n) is 13.7. The molecule has 0 heterocycles. The summed E-state index contributed by atoms with van der Waals surface area (Å²) in [5.74, 6) is 0.114. The molecule has 0 unspecified atom stereocenters. The molecule has 2 heteroatoms. The predicted molar refractivity (Wildman–Crippen MR) is 87.1 cm³/mol. The average Bonchev–Trinajstić information content (AvgIpc) is 2.34. The first-order valence-electron chi connectivity index (χ1n) is 7.78. The number of benzene rings is 1. The monoisotopic (exact) mass is 275 g/mol. The summed E-state index contributed by atoms with van der Waals surface area (Å²) in [4.78, 5) is 12.1. The van der Waals surface area contributed by atoms with E-state index in [1.807, 2.05) is 12.1 Å². The Labute approximate surface area is 124 Å². The largest absolute Gasteiger partial charge is 0.326 e. The van der Waals surface area contributed by atoms with Gasteiger partial charge in [0.05, 0.1) is 0 Å². The molecule has 1 N–H and O–H groups in total. The topological polar surface area (TPSA) is 29.1 Å². The van der Waals surface area contributed by atoms with Gasteiger partial charge in [0, 0.05) is 12.1 Å². The van der Waals surface area contributed by atoms with Gasteiger partial charge in [0.25, 0.3) is 0 Å². The van der Waals surface area contributed by atoms with Crippen molar-refractivity contribution in [2.75, 3.05) is 5.32 Å². The first-order valence-corrected chi connectivity index (χ1v) is 7.78. The van der Waals surface area contributed by atoms with Crippen LogP contribution in [0.5, 0.6) is 0 Å². The van der Waals surface area contributed by atoms with Crippen LogP contribution in [0.1, 0.15) is 65.0 Å². The molecule has 1 aromatic rings. The second-order valence-electron chi connectivity index (χ2n) is 6.69. The molecular formula is C18H29NO. The second-order valence-corrected chi connectivity index (χ2v) is 6.69. The van der Waals surface area contributed by atoms with Crippen molar-refractivity contribution in [2.45, 2.75) is 66.7 Å². The summed E-state index contributed by atoms with van der Waals surface area (Å²) >= 11 is 0. The minimum absolute atomic E-state index is 0.0238. The van der Waals surface area contributed by atoms with Crippen LogP contribution in [0.25, 0.3) is 0 Å². The molecule has 0 spiro atoms. The lowest BCUT2D eigenvalue weighted by molar-refractivity contribution is -0.117. The molecule has 0 fully saturated rings. The fourth-order valence-corrected chi connectivity index (χ4v) is 2.41. The summed E-state index contributed by atoms with van der Waals surface area (Å²) in [5, 5.41) is 3.11. The molecule has 0 radical (unpaired) electrons. The molecule has 0 aliphatic carbocycles. The van der Waals surface area contributed by atoms with Crippen molar-refractivity contribution in [3.63, 3.8) is 0 Å². The van der Waals surface area contributed by atoms with E-state index in [0.717, 1.165) is 18.5 Å². The maximum Gasteiger partial charge on any atom is 0.224 e. The van der Waals surface area contributed by atoms with Crippen molar-refractivity contribution in [1.82, 2.24) is 0 Å². The van der Waals surface area contributed by atoms with E-state index < -0.39 is 0 Å². The van der Waals surface area contributed by atoms with Gasteiger partial charge < -0.3 is 5.32 Å². The Kier molecular flexibility index (Phi) is 6.25. The summed E-state index contributed by atoms with van der Waals surface area (Å²) in [6.07, 6.45) is 4.96. The number of carbonyl (C=O) groups is 1. The van der Waals surface area contributed by atoms with E-state index in [2.05, 4.69) is 46.0 Å². The smallest absolute Gasteiger partial charge is 0.224 e. The van der Waals surface area contributed by atoms with Crippen molar-refractivity contribution in [3.8, 4) is 0 Å². The summed E-state index contributed by atoms with van der Waals surface area (Å²) in [6, 6.07) is 6.25. The highest BCUT2D eigenvalue weighted by molar-refractivity contribution is 5.92. The number of unbranched alkanes of at least 4 members (excludes halogenated alkanes) is 1. The number of rotatable bonds is 6. The molecule has 0 aliphatic rings. The van der Waals surface area contributed by atoms with Gasteiger partial charge in [-0.1, -0.05) is 53.2 Å². The highest BCUT2D eigenvalue weighted by Gasteiger charge is 2.17. The Balaban J connectivity index is 2.90. The van der Waals surface area contributed by atoms with Crippen LogP contribution >= 0.6 is 0 Å². The number of amides is 1. The summed E-state index contributed by atoms with van der Waals surface area (Å²) < 4.78 is 0. The van der Waals surface area contributed by atoms with Crippen molar-refractivity contribution < 1.29 is 4.79 Å². The number of nitrogens with one attached hydrogen (secondary N) is 1. The fourth-order valence-electron chi connectivity index (χ4n) is 2.41. The minimum Gasteiger partial charge on any atom is -0.326 e. The van der Waals surface area contributed by atoms with Gasteiger partial charge in [-0.2, -0.15) is 0 Å². The Morgan fingerprint density at radius 2 is 1.90 bits per heavy atom. The molecule has 112 valence electrons. The molecule has 1 amide bonds. The molecule has 0 bridgehead atoms. The Morgan fingerprint density at radius 3 is 2.45 bits per heavy atom. The van der Waals surface area contributed by atoms with E-state index in [0.29, 0.717) is 6.42 Å². The third kappa shape index (κ3) is 5.36. The molecule has 1 rings (SSSR count). The van der Waals surface area contributed by atoms with Crippen LogP contribution in [0.15, 0.2) is 18.2 Å². The van der Waals surface area contributed by atoms with Gasteiger partial charge in [0.15, 0.2) is 0 Å². The molecule has 0 aliphatic heterocycles. The van der Waals surface area contributed by atoms with Gasteiger partial charge >= 0.3 is 0 Å². The summed E-state index contributed by atoms with van der Waals surface area (Å²) in [5.41, 5.74) is 3.70. The van der Waals surface area contributed by atoms with Gasteiger partial charge in [-0.3, -0.25) is 4.79 Å². The standard InChI is InChI=1S/C18H29NO/c1-6-8-11-15-14(7-2)10-9-12-16(15)19-17(20)13-18(3,4)5/h9-10,12H,6-8,11,13H2,1-5H3,(H,19,20). The van der Waals surface area contributed by atoms with Gasteiger partial charge in [-0.25, -0.2) is 0 Å². The van der Waals surface area contributed by atoms with E-state index in [1.54, 1.807) is 0 Å². The predicted octanol–water partition coefficient (Wildman–Crippen LogP) is 4.97. The van der Waals surface area contributed by atoms with Crippen LogP contribution in [-0.2, 0) is 17.6 Å². The van der Waals surface area contributed by atoms with E-state index >= 15 is 0 Å². The van der Waals surface area contributed by atoms with Crippen LogP contribution in [0, 0.1) is 5.41 Å². The number of hydrogen-bond acceptors (Lipinski definition) is 1. The Morgan fingerprint density at radius 1 is 1.20 bits per heavy atom. The molecule has 0 aromatic heterocycles. The minimum atomic E-state index is 0.0238. The van der Waals surface area contributed by atoms with Crippen LogP contribution in [0.2, 0.25) is 0 Å². The molecule has 2 nitrogen and oxygen atoms in total. The SMILES string of the molecule is CCCCc1c(CC)cccc1NC(=O)CC(C)(C)C. The van der Waals surface area contributed by atoms with Gasteiger partial charge in [0.2, 0.25) is 5.91 Å². The first kappa shape index (κ1) is 16.7. The number of carbonyl (C=O) groups excluding carboxylic acids is 1. The first-order chi connectivity index (χ1) is 9.37. The lowest BCUT2D eigenvalue weighted by atomic mass is 9.91. The Hall–Kier alpha value is -1.31. The van der Waals surface area contributed by atoms with Crippen molar-refractivity contribution in [3.05, 3.63) is 29.3 Å². The van der Waals surface area contributed by atoms with E-state index in [4.69, 9.17) is 0 Å². The molecular weight excluding hydrogens is 246 g/mol. The van der Waals surface area contributed by atoms with Crippen LogP contribution in [0.3, 0.4) is 0 Å². The lowest BCUT2D eigenvalue weighted by Crippen LogP contribution is -2.20. The number of aryl methyl sites for hydroxylation is 1. The molecule has 0 saturated heterocycles. The maximum atomic E-state index is 12.1.